The summed E-state index contributed by atoms with van der Waals surface area (Å²) >= 11 is 0. The highest BCUT2D eigenvalue weighted by Crippen LogP contribution is 2.16. The number of nitrogens with zero attached hydrogens (tertiary/aromatic N) is 1. The fourth-order valence-corrected chi connectivity index (χ4v) is 3.26. The fourth-order valence-electron chi connectivity index (χ4n) is 2.28. The number of benzene rings is 2. The number of hydrogen-bond donors (Lipinski definition) is 2. The monoisotopic (exact) mass is 371 g/mol. The van der Waals surface area contributed by atoms with Crippen molar-refractivity contribution in [2.75, 3.05) is 4.72 Å². The molecule has 0 aliphatic rings. The van der Waals surface area contributed by atoms with E-state index in [4.69, 9.17) is 4.52 Å². The Kier molecular flexibility index (Phi) is 5.04. The topological polar surface area (TPSA) is 101 Å². The van der Waals surface area contributed by atoms with Crippen molar-refractivity contribution < 1.29 is 17.7 Å². The van der Waals surface area contributed by atoms with E-state index in [2.05, 4.69) is 15.2 Å². The number of amides is 1. The Morgan fingerprint density at radius 2 is 1.77 bits per heavy atom. The summed E-state index contributed by atoms with van der Waals surface area (Å²) in [6.07, 6.45) is 0. The molecule has 0 spiro atoms. The molecule has 0 aliphatic carbocycles. The molecule has 0 saturated carbocycles. The van der Waals surface area contributed by atoms with Crippen LogP contribution in [-0.4, -0.2) is 19.5 Å². The first-order valence-corrected chi connectivity index (χ1v) is 9.31. The van der Waals surface area contributed by atoms with Gasteiger partial charge in [-0.05, 0) is 36.8 Å². The molecule has 0 aliphatic heterocycles. The molecule has 1 amide bonds. The van der Waals surface area contributed by atoms with Crippen LogP contribution in [0.3, 0.4) is 0 Å². The van der Waals surface area contributed by atoms with Gasteiger partial charge in [-0.1, -0.05) is 35.5 Å². The van der Waals surface area contributed by atoms with Gasteiger partial charge in [0.05, 0.1) is 4.90 Å². The summed E-state index contributed by atoms with van der Waals surface area (Å²) in [5.74, 6) is 0.318. The molecule has 1 heterocycles. The van der Waals surface area contributed by atoms with Crippen LogP contribution >= 0.6 is 0 Å². The second-order valence-electron chi connectivity index (χ2n) is 5.62. The maximum absolute atomic E-state index is 12.3. The third kappa shape index (κ3) is 4.28. The zero-order valence-electron chi connectivity index (χ0n) is 14.0. The molecule has 0 saturated heterocycles. The summed E-state index contributed by atoms with van der Waals surface area (Å²) in [6.45, 7) is 2.06. The Morgan fingerprint density at radius 1 is 1.08 bits per heavy atom. The van der Waals surface area contributed by atoms with E-state index in [0.717, 1.165) is 5.56 Å². The van der Waals surface area contributed by atoms with Gasteiger partial charge in [0.15, 0.2) is 5.82 Å². The van der Waals surface area contributed by atoms with Crippen LogP contribution in [-0.2, 0) is 16.6 Å². The van der Waals surface area contributed by atoms with Gasteiger partial charge in [0.1, 0.15) is 5.76 Å². The van der Waals surface area contributed by atoms with Gasteiger partial charge in [0.25, 0.3) is 15.9 Å². The van der Waals surface area contributed by atoms with Crippen LogP contribution in [0.15, 0.2) is 70.1 Å². The van der Waals surface area contributed by atoms with Gasteiger partial charge in [-0.15, -0.1) is 0 Å². The molecule has 0 fully saturated rings. The minimum Gasteiger partial charge on any atom is -0.360 e. The lowest BCUT2D eigenvalue weighted by Gasteiger charge is -2.07. The third-order valence-electron chi connectivity index (χ3n) is 3.59. The van der Waals surface area contributed by atoms with Crippen LogP contribution < -0.4 is 10.0 Å². The van der Waals surface area contributed by atoms with Crippen molar-refractivity contribution in [1.82, 2.24) is 10.5 Å². The molecule has 0 radical (unpaired) electrons. The van der Waals surface area contributed by atoms with Crippen molar-refractivity contribution in [3.8, 4) is 0 Å². The molecule has 2 aromatic carbocycles. The normalized spacial score (nSPS) is 11.1. The van der Waals surface area contributed by atoms with Gasteiger partial charge in [-0.2, -0.15) is 0 Å². The van der Waals surface area contributed by atoms with E-state index in [1.807, 2.05) is 30.3 Å². The van der Waals surface area contributed by atoms with Crippen molar-refractivity contribution in [2.45, 2.75) is 18.4 Å². The van der Waals surface area contributed by atoms with Crippen LogP contribution in [0.25, 0.3) is 0 Å². The molecule has 134 valence electrons. The summed E-state index contributed by atoms with van der Waals surface area (Å²) in [4.78, 5) is 12.2. The number of carbonyl (C=O) groups excluding carboxylic acids is 1. The predicted octanol–water partition coefficient (Wildman–Crippen LogP) is 2.71. The molecule has 2 N–H and O–H groups in total. The molecular weight excluding hydrogens is 354 g/mol. The van der Waals surface area contributed by atoms with E-state index in [9.17, 15) is 13.2 Å². The van der Waals surface area contributed by atoms with Crippen molar-refractivity contribution in [3.05, 3.63) is 77.6 Å². The summed E-state index contributed by atoms with van der Waals surface area (Å²) in [5.41, 5.74) is 1.35. The largest absolute Gasteiger partial charge is 0.360 e. The number of sulfonamides is 1. The maximum Gasteiger partial charge on any atom is 0.263 e. The van der Waals surface area contributed by atoms with E-state index in [1.165, 1.54) is 30.3 Å². The highest BCUT2D eigenvalue weighted by Gasteiger charge is 2.17. The Bertz CT molecular complexity index is 996. The Morgan fingerprint density at radius 3 is 2.38 bits per heavy atom. The van der Waals surface area contributed by atoms with Gasteiger partial charge in [-0.25, -0.2) is 8.42 Å². The summed E-state index contributed by atoms with van der Waals surface area (Å²) in [6, 6.07) is 16.6. The van der Waals surface area contributed by atoms with Crippen molar-refractivity contribution in [3.63, 3.8) is 0 Å². The van der Waals surface area contributed by atoms with Crippen molar-refractivity contribution >= 4 is 21.7 Å². The predicted molar refractivity (Wildman–Crippen MR) is 96.1 cm³/mol. The minimum absolute atomic E-state index is 0.0257. The molecule has 8 heteroatoms. The van der Waals surface area contributed by atoms with Crippen molar-refractivity contribution in [1.29, 1.82) is 0 Å². The molecule has 7 nitrogen and oxygen atoms in total. The maximum atomic E-state index is 12.3. The summed E-state index contributed by atoms with van der Waals surface area (Å²) < 4.78 is 31.8. The summed E-state index contributed by atoms with van der Waals surface area (Å²) in [7, 11) is -3.80. The highest BCUT2D eigenvalue weighted by molar-refractivity contribution is 7.92. The van der Waals surface area contributed by atoms with Gasteiger partial charge in [0, 0.05) is 18.2 Å². The number of hydrogen-bond acceptors (Lipinski definition) is 5. The minimum atomic E-state index is -3.80. The molecule has 26 heavy (non-hydrogen) atoms. The van der Waals surface area contributed by atoms with Gasteiger partial charge in [0.2, 0.25) is 0 Å². The SMILES string of the molecule is Cc1cc(NS(=O)(=O)c2ccc(C(=O)NCc3ccccc3)cc2)no1. The molecule has 0 atom stereocenters. The fraction of sp³-hybridized carbons (Fsp3) is 0.111. The Labute approximate surface area is 151 Å². The van der Waals surface area contributed by atoms with Crippen LogP contribution in [0.2, 0.25) is 0 Å². The standard InChI is InChI=1S/C18H17N3O4S/c1-13-11-17(20-25-13)21-26(23,24)16-9-7-15(8-10-16)18(22)19-12-14-5-3-2-4-6-14/h2-11H,12H2,1H3,(H,19,22)(H,20,21). The number of anilines is 1. The number of nitrogens with one attached hydrogen (secondary N) is 2. The van der Waals surface area contributed by atoms with Crippen LogP contribution in [0.1, 0.15) is 21.7 Å². The molecule has 3 aromatic rings. The molecule has 3 rings (SSSR count). The Balaban J connectivity index is 1.66. The van der Waals surface area contributed by atoms with E-state index in [-0.39, 0.29) is 16.6 Å². The average Bonchev–Trinajstić information content (AvgIpc) is 3.04. The second-order valence-corrected chi connectivity index (χ2v) is 7.30. The van der Waals surface area contributed by atoms with Gasteiger partial charge in [-0.3, -0.25) is 9.52 Å². The van der Waals surface area contributed by atoms with Gasteiger partial charge >= 0.3 is 0 Å². The van der Waals surface area contributed by atoms with Crippen LogP contribution in [0.5, 0.6) is 0 Å². The first-order valence-electron chi connectivity index (χ1n) is 7.82. The van der Waals surface area contributed by atoms with E-state index < -0.39 is 10.0 Å². The molecule has 0 unspecified atom stereocenters. The molecule has 0 bridgehead atoms. The first kappa shape index (κ1) is 17.7. The number of rotatable bonds is 6. The highest BCUT2D eigenvalue weighted by atomic mass is 32.2. The lowest BCUT2D eigenvalue weighted by atomic mass is 10.2. The van der Waals surface area contributed by atoms with E-state index in [1.54, 1.807) is 6.92 Å². The van der Waals surface area contributed by atoms with Crippen LogP contribution in [0, 0.1) is 6.92 Å². The average molecular weight is 371 g/mol. The molecular formula is C18H17N3O4S. The second kappa shape index (κ2) is 7.40. The lowest BCUT2D eigenvalue weighted by Crippen LogP contribution is -2.22. The quantitative estimate of drug-likeness (QED) is 0.694. The van der Waals surface area contributed by atoms with Gasteiger partial charge < -0.3 is 9.84 Å². The van der Waals surface area contributed by atoms with E-state index >= 15 is 0 Å². The van der Waals surface area contributed by atoms with Crippen LogP contribution in [0.4, 0.5) is 5.82 Å². The van der Waals surface area contributed by atoms with E-state index in [0.29, 0.717) is 17.9 Å². The number of carbonyl (C=O) groups is 1. The summed E-state index contributed by atoms with van der Waals surface area (Å²) in [5, 5.41) is 6.39. The van der Waals surface area contributed by atoms with Crippen molar-refractivity contribution in [2.24, 2.45) is 0 Å². The zero-order valence-corrected chi connectivity index (χ0v) is 14.8. The first-order chi connectivity index (χ1) is 12.4. The number of aromatic nitrogens is 1. The smallest absolute Gasteiger partial charge is 0.263 e. The third-order valence-corrected chi connectivity index (χ3v) is 4.96. The Hall–Kier alpha value is -3.13. The molecule has 1 aromatic heterocycles. The lowest BCUT2D eigenvalue weighted by molar-refractivity contribution is 0.0951. The zero-order chi connectivity index (χ0) is 18.6. The number of aryl methyl sites for hydroxylation is 1.